The van der Waals surface area contributed by atoms with Gasteiger partial charge in [0, 0.05) is 56.7 Å². The minimum atomic E-state index is -0.234. The van der Waals surface area contributed by atoms with Gasteiger partial charge in [-0.3, -0.25) is 14.6 Å². The van der Waals surface area contributed by atoms with E-state index in [4.69, 9.17) is 0 Å². The second-order valence-corrected chi connectivity index (χ2v) is 9.61. The number of nitrogens with zero attached hydrogens (tertiary/aromatic N) is 3. The number of hydrogen-bond donors (Lipinski definition) is 1. The maximum absolute atomic E-state index is 13.2. The molecule has 6 heteroatoms. The summed E-state index contributed by atoms with van der Waals surface area (Å²) in [6.07, 6.45) is 2.23. The van der Waals surface area contributed by atoms with Crippen molar-refractivity contribution in [3.8, 4) is 0 Å². The number of benzene rings is 3. The predicted molar refractivity (Wildman–Crippen MR) is 139 cm³/mol. The number of nitrogens with one attached hydrogen (secondary N) is 1. The standard InChI is InChI=1S/C29H33FN4O/c30-25-8-6-24(7-9-25)21-34(28-14-15-28)22-29(35)31-26-10-12-27(13-11-26)33-18-16-32(17-19-33)20-23-4-2-1-3-5-23/h1-13,28H,14-22H2,(H,31,35). The summed E-state index contributed by atoms with van der Waals surface area (Å²) in [5.74, 6) is -0.247. The quantitative estimate of drug-likeness (QED) is 0.488. The van der Waals surface area contributed by atoms with Crippen LogP contribution in [0.25, 0.3) is 0 Å². The molecule has 0 atom stereocenters. The van der Waals surface area contributed by atoms with Gasteiger partial charge in [0.05, 0.1) is 6.54 Å². The molecule has 0 aromatic heterocycles. The number of rotatable bonds is 9. The van der Waals surface area contributed by atoms with E-state index in [1.807, 2.05) is 12.1 Å². The van der Waals surface area contributed by atoms with Crippen LogP contribution in [0.4, 0.5) is 15.8 Å². The molecule has 1 amide bonds. The zero-order valence-corrected chi connectivity index (χ0v) is 20.1. The van der Waals surface area contributed by atoms with E-state index in [1.54, 1.807) is 12.1 Å². The van der Waals surface area contributed by atoms with Crippen LogP contribution in [0.5, 0.6) is 0 Å². The molecule has 35 heavy (non-hydrogen) atoms. The summed E-state index contributed by atoms with van der Waals surface area (Å²) < 4.78 is 13.2. The Morgan fingerprint density at radius 1 is 0.857 bits per heavy atom. The van der Waals surface area contributed by atoms with Crippen LogP contribution < -0.4 is 10.2 Å². The van der Waals surface area contributed by atoms with Gasteiger partial charge in [-0.25, -0.2) is 4.39 Å². The fraction of sp³-hybridized carbons (Fsp3) is 0.345. The van der Waals surface area contributed by atoms with E-state index >= 15 is 0 Å². The third-order valence-corrected chi connectivity index (χ3v) is 6.85. The van der Waals surface area contributed by atoms with E-state index < -0.39 is 0 Å². The number of amides is 1. The molecule has 1 N–H and O–H groups in total. The monoisotopic (exact) mass is 472 g/mol. The predicted octanol–water partition coefficient (Wildman–Crippen LogP) is 4.75. The van der Waals surface area contributed by atoms with E-state index in [1.165, 1.54) is 23.4 Å². The molecule has 1 aliphatic heterocycles. The summed E-state index contributed by atoms with van der Waals surface area (Å²) in [5, 5.41) is 3.05. The Bertz CT molecular complexity index is 1090. The Morgan fingerprint density at radius 2 is 1.54 bits per heavy atom. The highest BCUT2D eigenvalue weighted by molar-refractivity contribution is 5.92. The van der Waals surface area contributed by atoms with Gasteiger partial charge in [0.25, 0.3) is 0 Å². The van der Waals surface area contributed by atoms with Gasteiger partial charge >= 0.3 is 0 Å². The molecule has 0 spiro atoms. The molecule has 3 aromatic rings. The minimum absolute atomic E-state index is 0.0127. The molecule has 2 fully saturated rings. The molecule has 1 saturated carbocycles. The molecule has 5 nitrogen and oxygen atoms in total. The Balaban J connectivity index is 1.10. The first-order valence-electron chi connectivity index (χ1n) is 12.5. The van der Waals surface area contributed by atoms with Crippen LogP contribution in [-0.4, -0.2) is 54.5 Å². The Kier molecular flexibility index (Phi) is 7.40. The van der Waals surface area contributed by atoms with Gasteiger partial charge in [-0.1, -0.05) is 42.5 Å². The van der Waals surface area contributed by atoms with Crippen LogP contribution in [0.3, 0.4) is 0 Å². The van der Waals surface area contributed by atoms with E-state index in [-0.39, 0.29) is 11.7 Å². The summed E-state index contributed by atoms with van der Waals surface area (Å²) in [4.78, 5) is 19.8. The van der Waals surface area contributed by atoms with E-state index in [2.05, 4.69) is 62.5 Å². The molecule has 1 saturated heterocycles. The van der Waals surface area contributed by atoms with Crippen molar-refractivity contribution in [3.05, 3.63) is 95.8 Å². The minimum Gasteiger partial charge on any atom is -0.369 e. The van der Waals surface area contributed by atoms with Crippen molar-refractivity contribution in [1.82, 2.24) is 9.80 Å². The second kappa shape index (κ2) is 11.0. The summed E-state index contributed by atoms with van der Waals surface area (Å²) >= 11 is 0. The number of piperazine rings is 1. The lowest BCUT2D eigenvalue weighted by molar-refractivity contribution is -0.117. The van der Waals surface area contributed by atoms with E-state index in [0.717, 1.165) is 56.8 Å². The highest BCUT2D eigenvalue weighted by Gasteiger charge is 2.30. The summed E-state index contributed by atoms with van der Waals surface area (Å²) in [7, 11) is 0. The van der Waals surface area contributed by atoms with Crippen LogP contribution in [0.15, 0.2) is 78.9 Å². The first-order valence-corrected chi connectivity index (χ1v) is 12.5. The zero-order valence-electron chi connectivity index (χ0n) is 20.1. The SMILES string of the molecule is O=C(CN(Cc1ccc(F)cc1)C1CC1)Nc1ccc(N2CCN(Cc3ccccc3)CC2)cc1. The third kappa shape index (κ3) is 6.68. The molecule has 182 valence electrons. The Labute approximate surface area is 207 Å². The Morgan fingerprint density at radius 3 is 2.20 bits per heavy atom. The highest BCUT2D eigenvalue weighted by Crippen LogP contribution is 2.28. The molecule has 5 rings (SSSR count). The smallest absolute Gasteiger partial charge is 0.238 e. The lowest BCUT2D eigenvalue weighted by Gasteiger charge is -2.36. The van der Waals surface area contributed by atoms with Crippen molar-refractivity contribution in [3.63, 3.8) is 0 Å². The van der Waals surface area contributed by atoms with Gasteiger partial charge in [0.15, 0.2) is 0 Å². The van der Waals surface area contributed by atoms with Gasteiger partial charge < -0.3 is 10.2 Å². The van der Waals surface area contributed by atoms with Crippen LogP contribution in [0.2, 0.25) is 0 Å². The molecule has 0 radical (unpaired) electrons. The molecular weight excluding hydrogens is 439 g/mol. The average molecular weight is 473 g/mol. The molecule has 2 aliphatic rings. The van der Waals surface area contributed by atoms with Crippen LogP contribution in [-0.2, 0) is 17.9 Å². The largest absolute Gasteiger partial charge is 0.369 e. The summed E-state index contributed by atoms with van der Waals surface area (Å²) in [6.45, 7) is 6.08. The van der Waals surface area contributed by atoms with Crippen molar-refractivity contribution in [2.45, 2.75) is 32.0 Å². The van der Waals surface area contributed by atoms with Gasteiger partial charge in [-0.2, -0.15) is 0 Å². The first-order chi connectivity index (χ1) is 17.1. The first kappa shape index (κ1) is 23.5. The van der Waals surface area contributed by atoms with Gasteiger partial charge in [-0.05, 0) is 60.4 Å². The number of halogens is 1. The summed E-state index contributed by atoms with van der Waals surface area (Å²) in [5.41, 5.74) is 4.40. The zero-order chi connectivity index (χ0) is 24.0. The normalized spacial score (nSPS) is 16.5. The molecule has 1 heterocycles. The highest BCUT2D eigenvalue weighted by atomic mass is 19.1. The maximum Gasteiger partial charge on any atom is 0.238 e. The maximum atomic E-state index is 13.2. The lowest BCUT2D eigenvalue weighted by atomic mass is 10.2. The van der Waals surface area contributed by atoms with Crippen LogP contribution in [0.1, 0.15) is 24.0 Å². The molecular formula is C29H33FN4O. The molecule has 0 unspecified atom stereocenters. The van der Waals surface area contributed by atoms with Crippen molar-refractivity contribution in [2.75, 3.05) is 42.9 Å². The van der Waals surface area contributed by atoms with Gasteiger partial charge in [0.2, 0.25) is 5.91 Å². The average Bonchev–Trinajstić information content (AvgIpc) is 3.72. The fourth-order valence-electron chi connectivity index (χ4n) is 4.72. The van der Waals surface area contributed by atoms with E-state index in [0.29, 0.717) is 19.1 Å². The van der Waals surface area contributed by atoms with Crippen LogP contribution >= 0.6 is 0 Å². The van der Waals surface area contributed by atoms with Crippen molar-refractivity contribution in [1.29, 1.82) is 0 Å². The number of anilines is 2. The lowest BCUT2D eigenvalue weighted by Crippen LogP contribution is -2.45. The fourth-order valence-corrected chi connectivity index (χ4v) is 4.72. The number of carbonyl (C=O) groups excluding carboxylic acids is 1. The molecule has 1 aliphatic carbocycles. The number of carbonyl (C=O) groups is 1. The van der Waals surface area contributed by atoms with Crippen molar-refractivity contribution < 1.29 is 9.18 Å². The van der Waals surface area contributed by atoms with Crippen LogP contribution in [0, 0.1) is 5.82 Å². The second-order valence-electron chi connectivity index (χ2n) is 9.61. The third-order valence-electron chi connectivity index (χ3n) is 6.85. The van der Waals surface area contributed by atoms with E-state index in [9.17, 15) is 9.18 Å². The topological polar surface area (TPSA) is 38.8 Å². The van der Waals surface area contributed by atoms with Gasteiger partial charge in [0.1, 0.15) is 5.82 Å². The summed E-state index contributed by atoms with van der Waals surface area (Å²) in [6, 6.07) is 25.8. The number of hydrogen-bond acceptors (Lipinski definition) is 4. The van der Waals surface area contributed by atoms with Gasteiger partial charge in [-0.15, -0.1) is 0 Å². The molecule has 3 aromatic carbocycles. The van der Waals surface area contributed by atoms with Crippen molar-refractivity contribution >= 4 is 17.3 Å². The van der Waals surface area contributed by atoms with Crippen molar-refractivity contribution in [2.24, 2.45) is 0 Å². The molecule has 0 bridgehead atoms. The Hall–Kier alpha value is -3.22.